The van der Waals surface area contributed by atoms with E-state index in [2.05, 4.69) is 0 Å². The Morgan fingerprint density at radius 1 is 1.22 bits per heavy atom. The van der Waals surface area contributed by atoms with Crippen LogP contribution in [0, 0.1) is 5.82 Å². The van der Waals surface area contributed by atoms with Crippen LogP contribution in [0.5, 0.6) is 0 Å². The Morgan fingerprint density at radius 3 is 2.56 bits per heavy atom. The van der Waals surface area contributed by atoms with E-state index in [1.54, 1.807) is 17.0 Å². The third kappa shape index (κ3) is 3.16. The zero-order valence-electron chi connectivity index (χ0n) is 10.1. The topological polar surface area (TPSA) is 37.4 Å². The lowest BCUT2D eigenvalue weighted by atomic mass is 10.1. The number of likely N-dealkylation sites (tertiary alicyclic amines) is 1. The van der Waals surface area contributed by atoms with Crippen LogP contribution in [0.1, 0.15) is 19.3 Å². The van der Waals surface area contributed by atoms with E-state index in [-0.39, 0.29) is 16.6 Å². The van der Waals surface area contributed by atoms with Crippen molar-refractivity contribution in [1.29, 1.82) is 0 Å². The Kier molecular flexibility index (Phi) is 4.47. The number of rotatable bonds is 3. The van der Waals surface area contributed by atoms with Crippen LogP contribution >= 0.6 is 0 Å². The fourth-order valence-electron chi connectivity index (χ4n) is 2.05. The Bertz CT molecular complexity index is 458. The van der Waals surface area contributed by atoms with Crippen LogP contribution in [0.15, 0.2) is 29.2 Å². The number of carbonyl (C=O) groups excluding carboxylic acids is 1. The van der Waals surface area contributed by atoms with Gasteiger partial charge in [0.15, 0.2) is 0 Å². The first-order valence-electron chi connectivity index (χ1n) is 6.09. The van der Waals surface area contributed by atoms with Gasteiger partial charge in [0, 0.05) is 13.1 Å². The molecule has 1 fully saturated rings. The highest BCUT2D eigenvalue weighted by Gasteiger charge is 2.20. The lowest BCUT2D eigenvalue weighted by Crippen LogP contribution is -2.38. The average Bonchev–Trinajstić information content (AvgIpc) is 2.40. The molecule has 1 aliphatic rings. The van der Waals surface area contributed by atoms with Gasteiger partial charge in [-0.1, -0.05) is 12.1 Å². The van der Waals surface area contributed by atoms with Crippen LogP contribution in [-0.4, -0.2) is 33.9 Å². The number of hydrogen-bond acceptors (Lipinski definition) is 2. The zero-order valence-corrected chi connectivity index (χ0v) is 10.9. The second-order valence-corrected chi connectivity index (χ2v) is 5.78. The summed E-state index contributed by atoms with van der Waals surface area (Å²) in [5.41, 5.74) is 0. The minimum Gasteiger partial charge on any atom is -0.342 e. The highest BCUT2D eigenvalue weighted by atomic mass is 32.2. The molecule has 0 N–H and O–H groups in total. The summed E-state index contributed by atoms with van der Waals surface area (Å²) in [4.78, 5) is 13.7. The molecule has 0 radical (unpaired) electrons. The Balaban J connectivity index is 1.99. The third-order valence-corrected chi connectivity index (χ3v) is 4.38. The number of benzene rings is 1. The summed E-state index contributed by atoms with van der Waals surface area (Å²) in [6.07, 6.45) is 3.14. The molecule has 0 spiro atoms. The molecule has 0 saturated carbocycles. The van der Waals surface area contributed by atoms with Gasteiger partial charge in [0.05, 0.1) is 15.7 Å². The van der Waals surface area contributed by atoms with Crippen LogP contribution in [0.4, 0.5) is 4.39 Å². The van der Waals surface area contributed by atoms with Crippen molar-refractivity contribution in [1.82, 2.24) is 4.90 Å². The van der Waals surface area contributed by atoms with E-state index in [0.29, 0.717) is 0 Å². The summed E-state index contributed by atoms with van der Waals surface area (Å²) < 4.78 is 25.4. The van der Waals surface area contributed by atoms with Crippen LogP contribution in [0.2, 0.25) is 0 Å². The third-order valence-electron chi connectivity index (χ3n) is 3.05. The zero-order chi connectivity index (χ0) is 13.0. The van der Waals surface area contributed by atoms with Gasteiger partial charge in [-0.15, -0.1) is 0 Å². The van der Waals surface area contributed by atoms with Crippen LogP contribution in [-0.2, 0) is 15.6 Å². The monoisotopic (exact) mass is 269 g/mol. The van der Waals surface area contributed by atoms with Crippen molar-refractivity contribution in [3.05, 3.63) is 30.1 Å². The normalized spacial score (nSPS) is 17.5. The molecule has 18 heavy (non-hydrogen) atoms. The average molecular weight is 269 g/mol. The fraction of sp³-hybridized carbons (Fsp3) is 0.462. The minimum atomic E-state index is -1.59. The number of halogens is 1. The largest absolute Gasteiger partial charge is 0.342 e. The van der Waals surface area contributed by atoms with E-state index in [0.717, 1.165) is 32.4 Å². The maximum atomic E-state index is 13.4. The van der Waals surface area contributed by atoms with Crippen LogP contribution < -0.4 is 0 Å². The molecule has 1 aromatic rings. The number of hydrogen-bond donors (Lipinski definition) is 0. The van der Waals surface area contributed by atoms with Crippen molar-refractivity contribution in [2.75, 3.05) is 18.8 Å². The Labute approximate surface area is 108 Å². The van der Waals surface area contributed by atoms with Crippen molar-refractivity contribution in [3.8, 4) is 0 Å². The minimum absolute atomic E-state index is 0.114. The molecular weight excluding hydrogens is 253 g/mol. The highest BCUT2D eigenvalue weighted by molar-refractivity contribution is 7.85. The standard InChI is InChI=1S/C13H16FNO2S/c14-11-6-2-3-7-12(11)18(17)10-13(16)15-8-4-1-5-9-15/h2-3,6-7H,1,4-5,8-10H2. The van der Waals surface area contributed by atoms with E-state index in [1.807, 2.05) is 0 Å². The molecule has 1 aromatic carbocycles. The number of carbonyl (C=O) groups is 1. The van der Waals surface area contributed by atoms with Gasteiger partial charge in [0.2, 0.25) is 5.91 Å². The van der Waals surface area contributed by atoms with E-state index >= 15 is 0 Å². The summed E-state index contributed by atoms with van der Waals surface area (Å²) in [6.45, 7) is 1.46. The fourth-order valence-corrected chi connectivity index (χ4v) is 3.13. The molecule has 1 atom stereocenters. The molecule has 0 bridgehead atoms. The predicted molar refractivity (Wildman–Crippen MR) is 68.1 cm³/mol. The van der Waals surface area contributed by atoms with Crippen molar-refractivity contribution < 1.29 is 13.4 Å². The number of nitrogens with zero attached hydrogens (tertiary/aromatic N) is 1. The summed E-state index contributed by atoms with van der Waals surface area (Å²) in [5.74, 6) is -0.778. The lowest BCUT2D eigenvalue weighted by Gasteiger charge is -2.26. The maximum absolute atomic E-state index is 13.4. The Morgan fingerprint density at radius 2 is 1.89 bits per heavy atom. The molecule has 3 nitrogen and oxygen atoms in total. The summed E-state index contributed by atoms with van der Waals surface area (Å²) >= 11 is 0. The summed E-state index contributed by atoms with van der Waals surface area (Å²) in [6, 6.07) is 5.90. The quantitative estimate of drug-likeness (QED) is 0.841. The SMILES string of the molecule is O=C(CS(=O)c1ccccc1F)N1CCCCC1. The van der Waals surface area contributed by atoms with E-state index in [9.17, 15) is 13.4 Å². The van der Waals surface area contributed by atoms with Gasteiger partial charge in [-0.2, -0.15) is 0 Å². The molecular formula is C13H16FNO2S. The van der Waals surface area contributed by atoms with Gasteiger partial charge in [0.1, 0.15) is 11.6 Å². The molecule has 1 unspecified atom stereocenters. The molecule has 1 aliphatic heterocycles. The Hall–Kier alpha value is -1.23. The van der Waals surface area contributed by atoms with E-state index < -0.39 is 16.6 Å². The van der Waals surface area contributed by atoms with E-state index in [4.69, 9.17) is 0 Å². The van der Waals surface area contributed by atoms with Gasteiger partial charge in [-0.05, 0) is 31.4 Å². The first kappa shape index (κ1) is 13.2. The summed E-state index contributed by atoms with van der Waals surface area (Å²) in [5, 5.41) is 0. The van der Waals surface area contributed by atoms with Crippen molar-refractivity contribution in [2.24, 2.45) is 0 Å². The molecule has 1 saturated heterocycles. The van der Waals surface area contributed by atoms with Crippen LogP contribution in [0.3, 0.4) is 0 Å². The molecule has 2 rings (SSSR count). The van der Waals surface area contributed by atoms with Crippen molar-refractivity contribution in [2.45, 2.75) is 24.2 Å². The summed E-state index contributed by atoms with van der Waals surface area (Å²) in [7, 11) is -1.59. The van der Waals surface area contributed by atoms with E-state index in [1.165, 1.54) is 12.1 Å². The molecule has 98 valence electrons. The van der Waals surface area contributed by atoms with Crippen LogP contribution in [0.25, 0.3) is 0 Å². The van der Waals surface area contributed by atoms with Gasteiger partial charge < -0.3 is 4.90 Å². The second-order valence-electron chi connectivity index (χ2n) is 4.36. The van der Waals surface area contributed by atoms with Gasteiger partial charge in [-0.25, -0.2) is 4.39 Å². The smallest absolute Gasteiger partial charge is 0.235 e. The first-order chi connectivity index (χ1) is 8.68. The predicted octanol–water partition coefficient (Wildman–Crippen LogP) is 1.95. The molecule has 0 aromatic heterocycles. The lowest BCUT2D eigenvalue weighted by molar-refractivity contribution is -0.129. The van der Waals surface area contributed by atoms with Gasteiger partial charge in [-0.3, -0.25) is 9.00 Å². The molecule has 5 heteroatoms. The van der Waals surface area contributed by atoms with Crippen molar-refractivity contribution in [3.63, 3.8) is 0 Å². The molecule has 0 aliphatic carbocycles. The maximum Gasteiger partial charge on any atom is 0.235 e. The molecule has 1 amide bonds. The first-order valence-corrected chi connectivity index (χ1v) is 7.41. The van der Waals surface area contributed by atoms with Crippen molar-refractivity contribution >= 4 is 16.7 Å². The highest BCUT2D eigenvalue weighted by Crippen LogP contribution is 2.14. The number of amides is 1. The second kappa shape index (κ2) is 6.09. The van der Waals surface area contributed by atoms with Gasteiger partial charge >= 0.3 is 0 Å². The number of piperidine rings is 1. The van der Waals surface area contributed by atoms with Gasteiger partial charge in [0.25, 0.3) is 0 Å². The molecule has 1 heterocycles.